The first-order chi connectivity index (χ1) is 14.3. The topological polar surface area (TPSA) is 57.2 Å². The minimum absolute atomic E-state index is 0.0600. The smallest absolute Gasteiger partial charge is 0.253 e. The number of ether oxygens (including phenoxy) is 4. The van der Waals surface area contributed by atoms with E-state index in [-0.39, 0.29) is 12.7 Å². The molecule has 1 saturated heterocycles. The Morgan fingerprint density at radius 3 is 2.62 bits per heavy atom. The van der Waals surface area contributed by atoms with E-state index in [1.54, 1.807) is 6.07 Å². The molecule has 150 valence electrons. The third-order valence-corrected chi connectivity index (χ3v) is 6.50. The van der Waals surface area contributed by atoms with Crippen molar-refractivity contribution in [1.29, 1.82) is 0 Å². The van der Waals surface area contributed by atoms with Crippen LogP contribution in [0.2, 0.25) is 0 Å². The minimum Gasteiger partial charge on any atom is -0.493 e. The van der Waals surface area contributed by atoms with Gasteiger partial charge in [-0.1, -0.05) is 0 Å². The van der Waals surface area contributed by atoms with Gasteiger partial charge >= 0.3 is 0 Å². The summed E-state index contributed by atoms with van der Waals surface area (Å²) in [5, 5.41) is 0. The van der Waals surface area contributed by atoms with Crippen molar-refractivity contribution in [2.24, 2.45) is 0 Å². The number of nitrogens with zero attached hydrogens (tertiary/aromatic N) is 1. The molecule has 0 N–H and O–H groups in total. The van der Waals surface area contributed by atoms with Crippen LogP contribution in [0.3, 0.4) is 0 Å². The molecule has 4 aliphatic rings. The van der Waals surface area contributed by atoms with Crippen molar-refractivity contribution in [2.75, 3.05) is 33.1 Å². The van der Waals surface area contributed by atoms with Crippen LogP contribution in [0.15, 0.2) is 24.3 Å². The third kappa shape index (κ3) is 2.73. The van der Waals surface area contributed by atoms with Crippen LogP contribution < -0.4 is 18.9 Å². The number of carbonyl (C=O) groups is 1. The molecule has 0 atom stereocenters. The molecule has 0 radical (unpaired) electrons. The molecule has 0 aromatic heterocycles. The first kappa shape index (κ1) is 17.0. The second-order valence-corrected chi connectivity index (χ2v) is 8.09. The summed E-state index contributed by atoms with van der Waals surface area (Å²) in [6.07, 6.45) is 3.81. The summed E-state index contributed by atoms with van der Waals surface area (Å²) in [7, 11) is 0. The highest BCUT2D eigenvalue weighted by Gasteiger charge is 2.33. The van der Waals surface area contributed by atoms with Crippen LogP contribution in [-0.2, 0) is 12.8 Å². The largest absolute Gasteiger partial charge is 0.493 e. The zero-order valence-electron chi connectivity index (χ0n) is 16.2. The molecular formula is C23H23NO5. The molecule has 1 fully saturated rings. The Labute approximate surface area is 169 Å². The molecule has 6 rings (SSSR count). The highest BCUT2D eigenvalue weighted by molar-refractivity contribution is 5.95. The molecule has 6 nitrogen and oxygen atoms in total. The standard InChI is InChI=1S/C23H23NO5/c25-23(16-1-2-18-20(12-16)29-13-28-18)24-7-3-14(4-8-24)21-17-6-10-26-19(17)11-15-5-9-27-22(15)21/h1-2,11-12,14H,3-10,13H2. The van der Waals surface area contributed by atoms with E-state index in [1.807, 2.05) is 17.0 Å². The summed E-state index contributed by atoms with van der Waals surface area (Å²) in [6, 6.07) is 7.60. The fourth-order valence-electron chi connectivity index (χ4n) is 5.04. The normalized spacial score (nSPS) is 19.5. The Hall–Kier alpha value is -2.89. The van der Waals surface area contributed by atoms with Crippen LogP contribution in [-0.4, -0.2) is 43.9 Å². The van der Waals surface area contributed by atoms with Crippen LogP contribution in [0.1, 0.15) is 45.8 Å². The van der Waals surface area contributed by atoms with Crippen molar-refractivity contribution < 1.29 is 23.7 Å². The van der Waals surface area contributed by atoms with Gasteiger partial charge in [-0.25, -0.2) is 0 Å². The van der Waals surface area contributed by atoms with Crippen molar-refractivity contribution in [1.82, 2.24) is 4.90 Å². The van der Waals surface area contributed by atoms with Gasteiger partial charge in [-0.15, -0.1) is 0 Å². The Balaban J connectivity index is 1.22. The molecule has 0 spiro atoms. The van der Waals surface area contributed by atoms with Crippen LogP contribution in [0.4, 0.5) is 0 Å². The average molecular weight is 393 g/mol. The Morgan fingerprint density at radius 2 is 1.72 bits per heavy atom. The Morgan fingerprint density at radius 1 is 0.897 bits per heavy atom. The van der Waals surface area contributed by atoms with Crippen LogP contribution in [0.5, 0.6) is 23.0 Å². The fourth-order valence-corrected chi connectivity index (χ4v) is 5.04. The third-order valence-electron chi connectivity index (χ3n) is 6.50. The minimum atomic E-state index is 0.0600. The molecule has 1 amide bonds. The quantitative estimate of drug-likeness (QED) is 0.784. The molecule has 0 aliphatic carbocycles. The Bertz CT molecular complexity index is 961. The van der Waals surface area contributed by atoms with Crippen molar-refractivity contribution >= 4 is 5.91 Å². The van der Waals surface area contributed by atoms with Crippen LogP contribution >= 0.6 is 0 Å². The SMILES string of the molecule is O=C(c1ccc2c(c1)OCO2)N1CCC(c2c3c(cc4c2OCC4)OCC3)CC1. The Kier molecular flexibility index (Phi) is 3.86. The zero-order valence-corrected chi connectivity index (χ0v) is 16.2. The summed E-state index contributed by atoms with van der Waals surface area (Å²) in [6.45, 7) is 3.23. The van der Waals surface area contributed by atoms with Crippen molar-refractivity contribution in [3.8, 4) is 23.0 Å². The first-order valence-corrected chi connectivity index (χ1v) is 10.4. The summed E-state index contributed by atoms with van der Waals surface area (Å²) in [5.74, 6) is 3.97. The van der Waals surface area contributed by atoms with E-state index in [2.05, 4.69) is 6.07 Å². The number of carbonyl (C=O) groups excluding carboxylic acids is 1. The van der Waals surface area contributed by atoms with Gasteiger partial charge in [0.1, 0.15) is 11.5 Å². The maximum absolute atomic E-state index is 13.0. The maximum Gasteiger partial charge on any atom is 0.253 e. The number of rotatable bonds is 2. The molecule has 0 bridgehead atoms. The van der Waals surface area contributed by atoms with Crippen molar-refractivity contribution in [2.45, 2.75) is 31.6 Å². The molecule has 29 heavy (non-hydrogen) atoms. The number of likely N-dealkylation sites (tertiary alicyclic amines) is 1. The van der Waals surface area contributed by atoms with Gasteiger partial charge in [0.2, 0.25) is 6.79 Å². The highest BCUT2D eigenvalue weighted by Crippen LogP contribution is 2.46. The molecular weight excluding hydrogens is 370 g/mol. The van der Waals surface area contributed by atoms with Gasteiger partial charge in [-0.2, -0.15) is 0 Å². The van der Waals surface area contributed by atoms with Gasteiger partial charge in [0.15, 0.2) is 11.5 Å². The molecule has 6 heteroatoms. The van der Waals surface area contributed by atoms with E-state index in [0.717, 1.165) is 63.5 Å². The van der Waals surface area contributed by atoms with Gasteiger partial charge in [-0.05, 0) is 43.0 Å². The lowest BCUT2D eigenvalue weighted by atomic mass is 9.83. The van der Waals surface area contributed by atoms with E-state index < -0.39 is 0 Å². The highest BCUT2D eigenvalue weighted by atomic mass is 16.7. The van der Waals surface area contributed by atoms with Crippen LogP contribution in [0, 0.1) is 0 Å². The number of amides is 1. The van der Waals surface area contributed by atoms with Crippen molar-refractivity contribution in [3.05, 3.63) is 46.5 Å². The molecule has 4 heterocycles. The lowest BCUT2D eigenvalue weighted by molar-refractivity contribution is 0.0712. The number of hydrogen-bond donors (Lipinski definition) is 0. The summed E-state index contributed by atoms with van der Waals surface area (Å²) < 4.78 is 22.7. The number of fused-ring (bicyclic) bond motifs is 3. The zero-order chi connectivity index (χ0) is 19.4. The van der Waals surface area contributed by atoms with E-state index in [0.29, 0.717) is 23.0 Å². The predicted octanol–water partition coefficient (Wildman–Crippen LogP) is 3.30. The van der Waals surface area contributed by atoms with E-state index in [9.17, 15) is 4.79 Å². The summed E-state index contributed by atoms with van der Waals surface area (Å²) in [4.78, 5) is 15.0. The second-order valence-electron chi connectivity index (χ2n) is 8.09. The van der Waals surface area contributed by atoms with Gasteiger partial charge < -0.3 is 23.8 Å². The van der Waals surface area contributed by atoms with Gasteiger partial charge in [0, 0.05) is 48.2 Å². The van der Waals surface area contributed by atoms with Gasteiger partial charge in [0.05, 0.1) is 13.2 Å². The van der Waals surface area contributed by atoms with Gasteiger partial charge in [0.25, 0.3) is 5.91 Å². The summed E-state index contributed by atoms with van der Waals surface area (Å²) >= 11 is 0. The number of hydrogen-bond acceptors (Lipinski definition) is 5. The second kappa shape index (κ2) is 6.58. The van der Waals surface area contributed by atoms with E-state index >= 15 is 0 Å². The predicted molar refractivity (Wildman–Crippen MR) is 105 cm³/mol. The van der Waals surface area contributed by atoms with Crippen molar-refractivity contribution in [3.63, 3.8) is 0 Å². The van der Waals surface area contributed by atoms with E-state index in [1.165, 1.54) is 16.7 Å². The number of benzene rings is 2. The molecule has 0 unspecified atom stereocenters. The lowest BCUT2D eigenvalue weighted by Gasteiger charge is -2.33. The average Bonchev–Trinajstić information content (AvgIpc) is 3.50. The van der Waals surface area contributed by atoms with E-state index in [4.69, 9.17) is 18.9 Å². The lowest BCUT2D eigenvalue weighted by Crippen LogP contribution is -2.38. The maximum atomic E-state index is 13.0. The monoisotopic (exact) mass is 393 g/mol. The van der Waals surface area contributed by atoms with Crippen LogP contribution in [0.25, 0.3) is 0 Å². The fraction of sp³-hybridized carbons (Fsp3) is 0.435. The molecule has 4 aliphatic heterocycles. The number of piperidine rings is 1. The molecule has 0 saturated carbocycles. The summed E-state index contributed by atoms with van der Waals surface area (Å²) in [5.41, 5.74) is 4.61. The first-order valence-electron chi connectivity index (χ1n) is 10.4. The molecule has 2 aromatic rings. The molecule has 2 aromatic carbocycles. The van der Waals surface area contributed by atoms with Gasteiger partial charge in [-0.3, -0.25) is 4.79 Å².